The van der Waals surface area contributed by atoms with Gasteiger partial charge >= 0.3 is 0 Å². The third kappa shape index (κ3) is 2.70. The number of hydrogen-bond donors (Lipinski definition) is 2. The van der Waals surface area contributed by atoms with Crippen molar-refractivity contribution < 1.29 is 17.9 Å². The molecule has 4 nitrogen and oxygen atoms in total. The highest BCUT2D eigenvalue weighted by molar-refractivity contribution is 7.90. The van der Waals surface area contributed by atoms with Crippen LogP contribution in [-0.4, -0.2) is 26.3 Å². The molecule has 3 N–H and O–H groups in total. The summed E-state index contributed by atoms with van der Waals surface area (Å²) in [6.07, 6.45) is 1.92. The van der Waals surface area contributed by atoms with E-state index in [-0.39, 0.29) is 0 Å². The van der Waals surface area contributed by atoms with Gasteiger partial charge in [0, 0.05) is 6.26 Å². The second kappa shape index (κ2) is 4.80. The summed E-state index contributed by atoms with van der Waals surface area (Å²) in [6, 6.07) is 2.57. The summed E-state index contributed by atoms with van der Waals surface area (Å²) in [7, 11) is -3.65. The molecule has 1 aromatic carbocycles. The Hall–Kier alpha value is -1.14. The predicted octanol–water partition coefficient (Wildman–Crippen LogP) is 0.826. The van der Waals surface area contributed by atoms with E-state index in [1.807, 2.05) is 0 Å². The molecule has 0 saturated carbocycles. The number of halogens is 1. The normalized spacial score (nSPS) is 11.7. The Morgan fingerprint density at radius 3 is 2.56 bits per heavy atom. The van der Waals surface area contributed by atoms with Gasteiger partial charge in [0.2, 0.25) is 0 Å². The lowest BCUT2D eigenvalue weighted by Gasteiger charge is -2.07. The van der Waals surface area contributed by atoms with Crippen LogP contribution in [0.15, 0.2) is 17.0 Å². The molecule has 0 saturated heterocycles. The summed E-state index contributed by atoms with van der Waals surface area (Å²) in [4.78, 5) is -0.485. The fourth-order valence-electron chi connectivity index (χ4n) is 1.37. The molecule has 0 aliphatic heterocycles. The topological polar surface area (TPSA) is 80.4 Å². The summed E-state index contributed by atoms with van der Waals surface area (Å²) >= 11 is 0. The van der Waals surface area contributed by atoms with Crippen molar-refractivity contribution >= 4 is 9.84 Å². The number of nitrogens with two attached hydrogens (primary N) is 1. The molecule has 0 aliphatic rings. The maximum Gasteiger partial charge on any atom is 0.183 e. The zero-order valence-electron chi connectivity index (χ0n) is 8.90. The van der Waals surface area contributed by atoms with Gasteiger partial charge in [-0.15, -0.1) is 0 Å². The third-order valence-electron chi connectivity index (χ3n) is 2.21. The van der Waals surface area contributed by atoms with Gasteiger partial charge in [0.05, 0.1) is 0 Å². The molecule has 0 radical (unpaired) electrons. The SMILES string of the molecule is CS(=O)(=O)c1ccc(CCCN)c(O)c1F. The van der Waals surface area contributed by atoms with Crippen LogP contribution in [0.25, 0.3) is 0 Å². The molecule has 90 valence electrons. The average molecular weight is 247 g/mol. The van der Waals surface area contributed by atoms with E-state index in [0.717, 1.165) is 12.3 Å². The third-order valence-corrected chi connectivity index (χ3v) is 3.33. The standard InChI is InChI=1S/C10H14FNO3S/c1-16(14,15)8-5-4-7(3-2-6-12)10(13)9(8)11/h4-5,13H,2-3,6,12H2,1H3. The molecule has 0 aliphatic carbocycles. The van der Waals surface area contributed by atoms with Crippen LogP contribution in [0, 0.1) is 5.82 Å². The highest BCUT2D eigenvalue weighted by atomic mass is 32.2. The van der Waals surface area contributed by atoms with Crippen molar-refractivity contribution in [3.05, 3.63) is 23.5 Å². The van der Waals surface area contributed by atoms with Crippen LogP contribution in [0.4, 0.5) is 4.39 Å². The molecular formula is C10H14FNO3S. The molecular weight excluding hydrogens is 233 g/mol. The molecule has 1 rings (SSSR count). The molecule has 0 heterocycles. The molecule has 0 amide bonds. The van der Waals surface area contributed by atoms with Crippen LogP contribution in [0.5, 0.6) is 5.75 Å². The fourth-order valence-corrected chi connectivity index (χ4v) is 2.10. The summed E-state index contributed by atoms with van der Waals surface area (Å²) in [5, 5.41) is 9.49. The first-order valence-corrected chi connectivity index (χ1v) is 6.67. The van der Waals surface area contributed by atoms with Gasteiger partial charge in [-0.25, -0.2) is 12.8 Å². The van der Waals surface area contributed by atoms with E-state index in [9.17, 15) is 17.9 Å². The Bertz CT molecular complexity index is 485. The Balaban J connectivity index is 3.19. The van der Waals surface area contributed by atoms with Crippen LogP contribution in [-0.2, 0) is 16.3 Å². The summed E-state index contributed by atoms with van der Waals surface area (Å²) < 4.78 is 35.8. The van der Waals surface area contributed by atoms with E-state index in [1.165, 1.54) is 6.07 Å². The number of benzene rings is 1. The van der Waals surface area contributed by atoms with Crippen LogP contribution in [0.2, 0.25) is 0 Å². The maximum absolute atomic E-state index is 13.5. The minimum absolute atomic E-state index is 0.371. The smallest absolute Gasteiger partial charge is 0.183 e. The van der Waals surface area contributed by atoms with E-state index >= 15 is 0 Å². The minimum Gasteiger partial charge on any atom is -0.505 e. The quantitative estimate of drug-likeness (QED) is 0.825. The van der Waals surface area contributed by atoms with Crippen molar-refractivity contribution in [3.63, 3.8) is 0 Å². The zero-order valence-corrected chi connectivity index (χ0v) is 9.72. The first kappa shape index (κ1) is 12.9. The molecule has 1 aromatic rings. The first-order valence-electron chi connectivity index (χ1n) is 4.78. The zero-order chi connectivity index (χ0) is 12.3. The van der Waals surface area contributed by atoms with E-state index in [1.54, 1.807) is 0 Å². The molecule has 0 fully saturated rings. The molecule has 0 atom stereocenters. The molecule has 0 unspecified atom stereocenters. The van der Waals surface area contributed by atoms with Gasteiger partial charge in [-0.3, -0.25) is 0 Å². The average Bonchev–Trinajstić information content (AvgIpc) is 2.18. The van der Waals surface area contributed by atoms with Crippen LogP contribution < -0.4 is 5.73 Å². The highest BCUT2D eigenvalue weighted by Crippen LogP contribution is 2.27. The number of sulfone groups is 1. The number of phenols is 1. The number of aromatic hydroxyl groups is 1. The minimum atomic E-state index is -3.65. The number of rotatable bonds is 4. The van der Waals surface area contributed by atoms with Crippen molar-refractivity contribution in [3.8, 4) is 5.75 Å². The monoisotopic (exact) mass is 247 g/mol. The number of phenolic OH excluding ortho intramolecular Hbond substituents is 1. The van der Waals surface area contributed by atoms with E-state index in [2.05, 4.69) is 0 Å². The second-order valence-corrected chi connectivity index (χ2v) is 5.53. The summed E-state index contributed by atoms with van der Waals surface area (Å²) in [6.45, 7) is 0.425. The number of aryl methyl sites for hydroxylation is 1. The molecule has 0 bridgehead atoms. The Morgan fingerprint density at radius 2 is 2.06 bits per heavy atom. The molecule has 6 heteroatoms. The lowest BCUT2D eigenvalue weighted by Crippen LogP contribution is -2.04. The molecule has 0 spiro atoms. The van der Waals surface area contributed by atoms with Crippen LogP contribution in [0.1, 0.15) is 12.0 Å². The van der Waals surface area contributed by atoms with Gasteiger partial charge < -0.3 is 10.8 Å². The predicted molar refractivity (Wildman–Crippen MR) is 58.6 cm³/mol. The molecule has 16 heavy (non-hydrogen) atoms. The van der Waals surface area contributed by atoms with Crippen LogP contribution in [0.3, 0.4) is 0 Å². The van der Waals surface area contributed by atoms with Crippen molar-refractivity contribution in [1.82, 2.24) is 0 Å². The van der Waals surface area contributed by atoms with Crippen LogP contribution >= 0.6 is 0 Å². The van der Waals surface area contributed by atoms with Crippen molar-refractivity contribution in [1.29, 1.82) is 0 Å². The fraction of sp³-hybridized carbons (Fsp3) is 0.400. The van der Waals surface area contributed by atoms with Gasteiger partial charge in [-0.1, -0.05) is 6.07 Å². The first-order chi connectivity index (χ1) is 7.38. The van der Waals surface area contributed by atoms with Gasteiger partial charge in [-0.2, -0.15) is 0 Å². The van der Waals surface area contributed by atoms with Crippen molar-refractivity contribution in [2.45, 2.75) is 17.7 Å². The maximum atomic E-state index is 13.5. The number of hydrogen-bond acceptors (Lipinski definition) is 4. The molecule has 0 aromatic heterocycles. The second-order valence-electron chi connectivity index (χ2n) is 3.55. The van der Waals surface area contributed by atoms with E-state index < -0.39 is 26.3 Å². The van der Waals surface area contributed by atoms with E-state index in [4.69, 9.17) is 5.73 Å². The largest absolute Gasteiger partial charge is 0.505 e. The Kier molecular flexibility index (Phi) is 3.88. The lowest BCUT2D eigenvalue weighted by atomic mass is 10.1. The van der Waals surface area contributed by atoms with Gasteiger partial charge in [0.25, 0.3) is 0 Å². The van der Waals surface area contributed by atoms with E-state index in [0.29, 0.717) is 24.9 Å². The van der Waals surface area contributed by atoms with Crippen molar-refractivity contribution in [2.75, 3.05) is 12.8 Å². The Labute approximate surface area is 93.8 Å². The lowest BCUT2D eigenvalue weighted by molar-refractivity contribution is 0.416. The highest BCUT2D eigenvalue weighted by Gasteiger charge is 2.19. The summed E-state index contributed by atoms with van der Waals surface area (Å²) in [5.74, 6) is -1.69. The van der Waals surface area contributed by atoms with Gasteiger partial charge in [0.1, 0.15) is 4.90 Å². The van der Waals surface area contributed by atoms with Crippen molar-refractivity contribution in [2.24, 2.45) is 5.73 Å². The Morgan fingerprint density at radius 1 is 1.44 bits per heavy atom. The summed E-state index contributed by atoms with van der Waals surface area (Å²) in [5.41, 5.74) is 5.66. The van der Waals surface area contributed by atoms with Gasteiger partial charge in [-0.05, 0) is 31.0 Å². The van der Waals surface area contributed by atoms with Gasteiger partial charge in [0.15, 0.2) is 21.4 Å².